The number of hydrogen-bond acceptors (Lipinski definition) is 4. The van der Waals surface area contributed by atoms with E-state index in [0.29, 0.717) is 10.7 Å². The van der Waals surface area contributed by atoms with Crippen LogP contribution in [0.2, 0.25) is 5.02 Å². The monoisotopic (exact) mass is 306 g/mol. The molecule has 0 saturated carbocycles. The number of aliphatic hydroxyl groups is 1. The van der Waals surface area contributed by atoms with Gasteiger partial charge in [0.25, 0.3) is 5.69 Å². The predicted molar refractivity (Wildman–Crippen MR) is 82.5 cm³/mol. The topological polar surface area (TPSA) is 75.4 Å². The van der Waals surface area contributed by atoms with Gasteiger partial charge in [-0.2, -0.15) is 0 Å². The lowest BCUT2D eigenvalue weighted by Crippen LogP contribution is -2.07. The van der Waals surface area contributed by atoms with Gasteiger partial charge >= 0.3 is 0 Å². The van der Waals surface area contributed by atoms with E-state index < -0.39 is 4.92 Å². The Morgan fingerprint density at radius 2 is 1.95 bits per heavy atom. The number of nitro groups is 1. The van der Waals surface area contributed by atoms with Crippen LogP contribution in [-0.2, 0) is 6.61 Å². The summed E-state index contributed by atoms with van der Waals surface area (Å²) in [4.78, 5) is 10.2. The number of nitro benzene ring substituents is 1. The van der Waals surface area contributed by atoms with Crippen LogP contribution in [-0.4, -0.2) is 10.0 Å². The van der Waals surface area contributed by atoms with Gasteiger partial charge in [0, 0.05) is 18.2 Å². The van der Waals surface area contributed by atoms with Gasteiger partial charge < -0.3 is 10.4 Å². The van der Waals surface area contributed by atoms with Crippen molar-refractivity contribution in [1.82, 2.24) is 0 Å². The molecule has 2 rings (SSSR count). The highest BCUT2D eigenvalue weighted by Gasteiger charge is 2.11. The summed E-state index contributed by atoms with van der Waals surface area (Å²) < 4.78 is 0. The molecule has 21 heavy (non-hydrogen) atoms. The summed E-state index contributed by atoms with van der Waals surface area (Å²) in [5.74, 6) is 0. The Balaban J connectivity index is 2.17. The Kier molecular flexibility index (Phi) is 4.77. The van der Waals surface area contributed by atoms with Gasteiger partial charge in [0.15, 0.2) is 0 Å². The molecule has 6 heteroatoms. The third-order valence-corrected chi connectivity index (χ3v) is 3.52. The molecule has 110 valence electrons. The van der Waals surface area contributed by atoms with Crippen LogP contribution >= 0.6 is 11.6 Å². The van der Waals surface area contributed by atoms with E-state index in [1.807, 2.05) is 6.92 Å². The van der Waals surface area contributed by atoms with Crippen molar-refractivity contribution in [2.45, 2.75) is 19.6 Å². The van der Waals surface area contributed by atoms with Crippen molar-refractivity contribution >= 4 is 23.0 Å². The SMILES string of the molecule is CC(Nc1cc(CO)ccc1Cl)c1ccc([N+](=O)[O-])cc1. The molecule has 0 radical (unpaired) electrons. The number of anilines is 1. The van der Waals surface area contributed by atoms with Crippen LogP contribution in [0.25, 0.3) is 0 Å². The average molecular weight is 307 g/mol. The molecule has 1 unspecified atom stereocenters. The second-order valence-electron chi connectivity index (χ2n) is 4.69. The fraction of sp³-hybridized carbons (Fsp3) is 0.200. The van der Waals surface area contributed by atoms with Gasteiger partial charge in [-0.25, -0.2) is 0 Å². The summed E-state index contributed by atoms with van der Waals surface area (Å²) in [6, 6.07) is 11.5. The highest BCUT2D eigenvalue weighted by Crippen LogP contribution is 2.28. The Labute approximate surface area is 127 Å². The highest BCUT2D eigenvalue weighted by molar-refractivity contribution is 6.33. The van der Waals surface area contributed by atoms with E-state index in [0.717, 1.165) is 11.1 Å². The van der Waals surface area contributed by atoms with Crippen LogP contribution in [0.1, 0.15) is 24.1 Å². The zero-order chi connectivity index (χ0) is 15.4. The van der Waals surface area contributed by atoms with Crippen LogP contribution < -0.4 is 5.32 Å². The van der Waals surface area contributed by atoms with Crippen molar-refractivity contribution < 1.29 is 10.0 Å². The minimum absolute atomic E-state index is 0.0578. The van der Waals surface area contributed by atoms with Crippen molar-refractivity contribution in [3.8, 4) is 0 Å². The number of rotatable bonds is 5. The molecular formula is C15H15ClN2O3. The molecule has 0 aromatic heterocycles. The number of aliphatic hydroxyl groups excluding tert-OH is 1. The standard InChI is InChI=1S/C15H15ClN2O3/c1-10(12-3-5-13(6-4-12)18(20)21)17-15-8-11(9-19)2-7-14(15)16/h2-8,10,17,19H,9H2,1H3. The molecule has 0 aliphatic heterocycles. The van der Waals surface area contributed by atoms with Crippen molar-refractivity contribution in [2.24, 2.45) is 0 Å². The lowest BCUT2D eigenvalue weighted by molar-refractivity contribution is -0.384. The fourth-order valence-corrected chi connectivity index (χ4v) is 2.15. The predicted octanol–water partition coefficient (Wildman–Crippen LogP) is 3.91. The smallest absolute Gasteiger partial charge is 0.269 e. The zero-order valence-corrected chi connectivity index (χ0v) is 12.2. The minimum Gasteiger partial charge on any atom is -0.392 e. The molecule has 2 aromatic carbocycles. The first-order valence-electron chi connectivity index (χ1n) is 6.41. The minimum atomic E-state index is -0.427. The lowest BCUT2D eigenvalue weighted by Gasteiger charge is -2.17. The molecule has 1 atom stereocenters. The third kappa shape index (κ3) is 3.71. The van der Waals surface area contributed by atoms with Crippen LogP contribution in [0.3, 0.4) is 0 Å². The summed E-state index contributed by atoms with van der Waals surface area (Å²) in [5, 5.41) is 23.6. The largest absolute Gasteiger partial charge is 0.392 e. The van der Waals surface area contributed by atoms with Crippen molar-refractivity contribution in [3.63, 3.8) is 0 Å². The van der Waals surface area contributed by atoms with Gasteiger partial charge in [-0.15, -0.1) is 0 Å². The molecule has 0 spiro atoms. The molecule has 5 nitrogen and oxygen atoms in total. The second kappa shape index (κ2) is 6.56. The number of hydrogen-bond donors (Lipinski definition) is 2. The molecule has 0 aliphatic carbocycles. The van der Waals surface area contributed by atoms with E-state index in [1.54, 1.807) is 30.3 Å². The molecule has 0 fully saturated rings. The van der Waals surface area contributed by atoms with Crippen LogP contribution in [0.4, 0.5) is 11.4 Å². The van der Waals surface area contributed by atoms with E-state index in [-0.39, 0.29) is 18.3 Å². The quantitative estimate of drug-likeness (QED) is 0.648. The van der Waals surface area contributed by atoms with Gasteiger partial charge in [0.1, 0.15) is 0 Å². The van der Waals surface area contributed by atoms with Gasteiger partial charge in [-0.05, 0) is 30.2 Å². The van der Waals surface area contributed by atoms with E-state index in [2.05, 4.69) is 5.32 Å². The summed E-state index contributed by atoms with van der Waals surface area (Å²) in [5.41, 5.74) is 2.45. The lowest BCUT2D eigenvalue weighted by atomic mass is 10.1. The zero-order valence-electron chi connectivity index (χ0n) is 11.4. The average Bonchev–Trinajstić information content (AvgIpc) is 2.49. The van der Waals surface area contributed by atoms with E-state index in [4.69, 9.17) is 16.7 Å². The molecule has 0 saturated heterocycles. The third-order valence-electron chi connectivity index (χ3n) is 3.19. The Hall–Kier alpha value is -2.11. The number of benzene rings is 2. The van der Waals surface area contributed by atoms with Crippen molar-refractivity contribution in [2.75, 3.05) is 5.32 Å². The molecule has 0 aliphatic rings. The molecule has 0 amide bonds. The Bertz CT molecular complexity index is 644. The molecule has 2 N–H and O–H groups in total. The molecular weight excluding hydrogens is 292 g/mol. The van der Waals surface area contributed by atoms with Gasteiger partial charge in [-0.1, -0.05) is 29.8 Å². The van der Waals surface area contributed by atoms with E-state index in [9.17, 15) is 10.1 Å². The number of halogens is 1. The maximum Gasteiger partial charge on any atom is 0.269 e. The summed E-state index contributed by atoms with van der Waals surface area (Å²) in [7, 11) is 0. The molecule has 0 heterocycles. The second-order valence-corrected chi connectivity index (χ2v) is 5.09. The maximum atomic E-state index is 10.6. The van der Waals surface area contributed by atoms with Gasteiger partial charge in [0.05, 0.1) is 22.2 Å². The summed E-state index contributed by atoms with van der Waals surface area (Å²) >= 11 is 6.12. The summed E-state index contributed by atoms with van der Waals surface area (Å²) in [6.45, 7) is 1.88. The van der Waals surface area contributed by atoms with Crippen LogP contribution in [0.5, 0.6) is 0 Å². The van der Waals surface area contributed by atoms with E-state index in [1.165, 1.54) is 12.1 Å². The number of nitrogens with one attached hydrogen (secondary N) is 1. The van der Waals surface area contributed by atoms with E-state index >= 15 is 0 Å². The number of nitrogens with zero attached hydrogens (tertiary/aromatic N) is 1. The Morgan fingerprint density at radius 1 is 1.29 bits per heavy atom. The van der Waals surface area contributed by atoms with Crippen molar-refractivity contribution in [3.05, 3.63) is 68.7 Å². The van der Waals surface area contributed by atoms with Crippen LogP contribution in [0, 0.1) is 10.1 Å². The van der Waals surface area contributed by atoms with Gasteiger partial charge in [0.2, 0.25) is 0 Å². The normalized spacial score (nSPS) is 12.0. The molecule has 0 bridgehead atoms. The number of non-ortho nitro benzene ring substituents is 1. The first kappa shape index (κ1) is 15.3. The van der Waals surface area contributed by atoms with Crippen molar-refractivity contribution in [1.29, 1.82) is 0 Å². The Morgan fingerprint density at radius 3 is 2.52 bits per heavy atom. The summed E-state index contributed by atoms with van der Waals surface area (Å²) in [6.07, 6.45) is 0. The highest BCUT2D eigenvalue weighted by atomic mass is 35.5. The first-order valence-corrected chi connectivity index (χ1v) is 6.79. The molecule has 2 aromatic rings. The maximum absolute atomic E-state index is 10.6. The van der Waals surface area contributed by atoms with Crippen LogP contribution in [0.15, 0.2) is 42.5 Å². The fourth-order valence-electron chi connectivity index (χ4n) is 1.98. The van der Waals surface area contributed by atoms with Gasteiger partial charge in [-0.3, -0.25) is 10.1 Å². The first-order chi connectivity index (χ1) is 10.0.